The van der Waals surface area contributed by atoms with Crippen molar-refractivity contribution in [2.45, 2.75) is 0 Å². The smallest absolute Gasteiger partial charge is 0.139 e. The average molecular weight is 242 g/mol. The van der Waals surface area contributed by atoms with Gasteiger partial charge in [0.05, 0.1) is 10.2 Å². The first kappa shape index (κ1) is 8.37. The highest BCUT2D eigenvalue weighted by atomic mass is 79.9. The zero-order chi connectivity index (χ0) is 9.26. The van der Waals surface area contributed by atoms with Gasteiger partial charge in [0.1, 0.15) is 18.5 Å². The van der Waals surface area contributed by atoms with E-state index in [-0.39, 0.29) is 5.82 Å². The second-order valence-corrected chi connectivity index (χ2v) is 3.29. The van der Waals surface area contributed by atoms with Crippen LogP contribution >= 0.6 is 15.9 Å². The minimum absolute atomic E-state index is 0.312. The molecule has 0 N–H and O–H groups in total. The van der Waals surface area contributed by atoms with Crippen LogP contribution in [0, 0.1) is 5.82 Å². The first-order chi connectivity index (χ1) is 6.27. The molecule has 1 aromatic carbocycles. The van der Waals surface area contributed by atoms with E-state index in [1.165, 1.54) is 23.4 Å². The monoisotopic (exact) mass is 241 g/mol. The van der Waals surface area contributed by atoms with Crippen molar-refractivity contribution in [2.75, 3.05) is 0 Å². The van der Waals surface area contributed by atoms with Crippen molar-refractivity contribution in [1.29, 1.82) is 0 Å². The van der Waals surface area contributed by atoms with E-state index in [9.17, 15) is 4.39 Å². The Morgan fingerprint density at radius 3 is 2.85 bits per heavy atom. The third kappa shape index (κ3) is 1.60. The van der Waals surface area contributed by atoms with Crippen molar-refractivity contribution >= 4 is 15.9 Å². The molecule has 0 saturated heterocycles. The molecule has 0 unspecified atom stereocenters. The molecule has 0 bridgehead atoms. The van der Waals surface area contributed by atoms with E-state index < -0.39 is 0 Å². The molecule has 0 saturated carbocycles. The highest BCUT2D eigenvalue weighted by molar-refractivity contribution is 9.10. The van der Waals surface area contributed by atoms with E-state index >= 15 is 0 Å². The predicted molar refractivity (Wildman–Crippen MR) is 49.0 cm³/mol. The van der Waals surface area contributed by atoms with Crippen molar-refractivity contribution in [3.63, 3.8) is 0 Å². The molecule has 0 spiro atoms. The molecule has 3 nitrogen and oxygen atoms in total. The summed E-state index contributed by atoms with van der Waals surface area (Å²) < 4.78 is 15.0. The summed E-state index contributed by atoms with van der Waals surface area (Å²) in [7, 11) is 0. The average Bonchev–Trinajstić information content (AvgIpc) is 2.62. The van der Waals surface area contributed by atoms with Crippen LogP contribution < -0.4 is 0 Å². The SMILES string of the molecule is Fc1cc(-n2cncn2)ccc1Br. The van der Waals surface area contributed by atoms with Gasteiger partial charge in [0.2, 0.25) is 0 Å². The number of aromatic nitrogens is 3. The van der Waals surface area contributed by atoms with Crippen LogP contribution in [-0.4, -0.2) is 14.8 Å². The van der Waals surface area contributed by atoms with Crippen LogP contribution in [0.25, 0.3) is 5.69 Å². The molecule has 0 fully saturated rings. The minimum atomic E-state index is -0.312. The largest absolute Gasteiger partial charge is 0.223 e. The molecule has 0 amide bonds. The summed E-state index contributed by atoms with van der Waals surface area (Å²) in [6, 6.07) is 4.77. The Hall–Kier alpha value is -1.23. The van der Waals surface area contributed by atoms with Gasteiger partial charge in [0.15, 0.2) is 0 Å². The van der Waals surface area contributed by atoms with Gasteiger partial charge in [0, 0.05) is 6.07 Å². The number of nitrogens with zero attached hydrogens (tertiary/aromatic N) is 3. The molecule has 1 aromatic heterocycles. The summed E-state index contributed by atoms with van der Waals surface area (Å²) in [4.78, 5) is 3.77. The summed E-state index contributed by atoms with van der Waals surface area (Å²) in [6.45, 7) is 0. The summed E-state index contributed by atoms with van der Waals surface area (Å²) in [6.07, 6.45) is 2.92. The predicted octanol–water partition coefficient (Wildman–Crippen LogP) is 2.17. The lowest BCUT2D eigenvalue weighted by atomic mass is 10.3. The van der Waals surface area contributed by atoms with E-state index in [0.717, 1.165) is 0 Å². The van der Waals surface area contributed by atoms with Gasteiger partial charge in [-0.3, -0.25) is 0 Å². The molecule has 0 radical (unpaired) electrons. The molecule has 2 aromatic rings. The maximum absolute atomic E-state index is 13.1. The Kier molecular flexibility index (Phi) is 2.10. The van der Waals surface area contributed by atoms with Crippen LogP contribution in [0.4, 0.5) is 4.39 Å². The van der Waals surface area contributed by atoms with Gasteiger partial charge in [-0.05, 0) is 28.1 Å². The lowest BCUT2D eigenvalue weighted by Crippen LogP contribution is -1.94. The van der Waals surface area contributed by atoms with Crippen LogP contribution in [0.3, 0.4) is 0 Å². The molecule has 2 rings (SSSR count). The van der Waals surface area contributed by atoms with Gasteiger partial charge in [-0.25, -0.2) is 14.1 Å². The topological polar surface area (TPSA) is 30.7 Å². The zero-order valence-corrected chi connectivity index (χ0v) is 8.07. The molecule has 0 atom stereocenters. The van der Waals surface area contributed by atoms with E-state index in [1.54, 1.807) is 12.1 Å². The number of halogens is 2. The lowest BCUT2D eigenvalue weighted by molar-refractivity contribution is 0.618. The molecular formula is C8H5BrFN3. The molecule has 66 valence electrons. The maximum atomic E-state index is 13.1. The van der Waals surface area contributed by atoms with E-state index in [1.807, 2.05) is 0 Å². The summed E-state index contributed by atoms with van der Waals surface area (Å²) in [5, 5.41) is 3.88. The molecule has 5 heteroatoms. The Balaban J connectivity index is 2.49. The van der Waals surface area contributed by atoms with Crippen LogP contribution in [-0.2, 0) is 0 Å². The highest BCUT2D eigenvalue weighted by Crippen LogP contribution is 2.17. The second kappa shape index (κ2) is 3.26. The fourth-order valence-corrected chi connectivity index (χ4v) is 1.22. The quantitative estimate of drug-likeness (QED) is 0.767. The number of rotatable bonds is 1. The van der Waals surface area contributed by atoms with Crippen LogP contribution in [0.15, 0.2) is 35.3 Å². The molecule has 0 aliphatic carbocycles. The van der Waals surface area contributed by atoms with Crippen LogP contribution in [0.5, 0.6) is 0 Å². The molecule has 0 aliphatic heterocycles. The minimum Gasteiger partial charge on any atom is -0.223 e. The normalized spacial score (nSPS) is 10.3. The van der Waals surface area contributed by atoms with E-state index in [4.69, 9.17) is 0 Å². The Bertz CT molecular complexity index is 413. The zero-order valence-electron chi connectivity index (χ0n) is 6.48. The first-order valence-corrected chi connectivity index (χ1v) is 4.37. The van der Waals surface area contributed by atoms with E-state index in [0.29, 0.717) is 10.2 Å². The number of hydrogen-bond donors (Lipinski definition) is 0. The molecule has 1 heterocycles. The van der Waals surface area contributed by atoms with Gasteiger partial charge in [-0.15, -0.1) is 0 Å². The van der Waals surface area contributed by atoms with Crippen LogP contribution in [0.1, 0.15) is 0 Å². The third-order valence-corrected chi connectivity index (χ3v) is 2.23. The molecule has 0 aliphatic rings. The molecular weight excluding hydrogens is 237 g/mol. The standard InChI is InChI=1S/C8H5BrFN3/c9-7-2-1-6(3-8(7)10)13-5-11-4-12-13/h1-5H. The van der Waals surface area contributed by atoms with Gasteiger partial charge in [0.25, 0.3) is 0 Å². The number of benzene rings is 1. The Labute approximate surface area is 82.3 Å². The van der Waals surface area contributed by atoms with Crippen molar-refractivity contribution in [3.8, 4) is 5.69 Å². The summed E-state index contributed by atoms with van der Waals surface area (Å²) >= 11 is 3.07. The number of hydrogen-bond acceptors (Lipinski definition) is 2. The highest BCUT2D eigenvalue weighted by Gasteiger charge is 2.01. The van der Waals surface area contributed by atoms with Gasteiger partial charge in [-0.1, -0.05) is 0 Å². The van der Waals surface area contributed by atoms with Gasteiger partial charge in [-0.2, -0.15) is 5.10 Å². The lowest BCUT2D eigenvalue weighted by Gasteiger charge is -2.00. The van der Waals surface area contributed by atoms with Crippen molar-refractivity contribution in [3.05, 3.63) is 41.1 Å². The fraction of sp³-hybridized carbons (Fsp3) is 0. The maximum Gasteiger partial charge on any atom is 0.139 e. The van der Waals surface area contributed by atoms with Crippen LogP contribution in [0.2, 0.25) is 0 Å². The van der Waals surface area contributed by atoms with Crippen molar-refractivity contribution in [2.24, 2.45) is 0 Å². The first-order valence-electron chi connectivity index (χ1n) is 3.57. The third-order valence-electron chi connectivity index (χ3n) is 1.59. The van der Waals surface area contributed by atoms with E-state index in [2.05, 4.69) is 26.0 Å². The Morgan fingerprint density at radius 1 is 1.38 bits per heavy atom. The Morgan fingerprint density at radius 2 is 2.23 bits per heavy atom. The van der Waals surface area contributed by atoms with Gasteiger partial charge < -0.3 is 0 Å². The van der Waals surface area contributed by atoms with Gasteiger partial charge >= 0.3 is 0 Å². The summed E-state index contributed by atoms with van der Waals surface area (Å²) in [5.41, 5.74) is 0.651. The van der Waals surface area contributed by atoms with Crippen molar-refractivity contribution in [1.82, 2.24) is 14.8 Å². The second-order valence-electron chi connectivity index (χ2n) is 2.44. The molecule has 13 heavy (non-hydrogen) atoms. The summed E-state index contributed by atoms with van der Waals surface area (Å²) in [5.74, 6) is -0.312. The fourth-order valence-electron chi connectivity index (χ4n) is 0.969. The van der Waals surface area contributed by atoms with Crippen molar-refractivity contribution < 1.29 is 4.39 Å².